The van der Waals surface area contributed by atoms with Crippen molar-refractivity contribution in [2.75, 3.05) is 45.2 Å². The van der Waals surface area contributed by atoms with Crippen LogP contribution in [0, 0.1) is 0 Å². The van der Waals surface area contributed by atoms with Crippen LogP contribution in [0.25, 0.3) is 0 Å². The molecule has 1 N–H and O–H groups in total. The van der Waals surface area contributed by atoms with Crippen molar-refractivity contribution in [1.29, 1.82) is 0 Å². The van der Waals surface area contributed by atoms with Crippen LogP contribution in [-0.2, 0) is 19.6 Å². The zero-order valence-corrected chi connectivity index (χ0v) is 17.9. The van der Waals surface area contributed by atoms with Gasteiger partial charge >= 0.3 is 0 Å². The van der Waals surface area contributed by atoms with E-state index in [1.54, 1.807) is 30.3 Å². The molecule has 0 saturated carbocycles. The third-order valence-electron chi connectivity index (χ3n) is 4.55. The molecular weight excluding hydrogens is 430 g/mol. The Labute approximate surface area is 180 Å². The highest BCUT2D eigenvalue weighted by Gasteiger charge is 2.28. The average Bonchev–Trinajstić information content (AvgIpc) is 2.75. The molecule has 1 heterocycles. The molecule has 0 spiro atoms. The first-order valence-corrected chi connectivity index (χ1v) is 11.1. The van der Waals surface area contributed by atoms with E-state index in [4.69, 9.17) is 16.3 Å². The highest BCUT2D eigenvalue weighted by molar-refractivity contribution is 7.89. The molecule has 2 amide bonds. The maximum absolute atomic E-state index is 12.9. The zero-order chi connectivity index (χ0) is 21.7. The maximum atomic E-state index is 12.9. The van der Waals surface area contributed by atoms with Crippen molar-refractivity contribution in [3.63, 3.8) is 0 Å². The van der Waals surface area contributed by atoms with E-state index in [9.17, 15) is 18.0 Å². The summed E-state index contributed by atoms with van der Waals surface area (Å²) in [4.78, 5) is 26.0. The molecule has 1 fully saturated rings. The van der Waals surface area contributed by atoms with Gasteiger partial charge in [0.1, 0.15) is 4.90 Å². The van der Waals surface area contributed by atoms with E-state index in [1.807, 2.05) is 0 Å². The summed E-state index contributed by atoms with van der Waals surface area (Å²) in [7, 11) is -2.30. The Kier molecular flexibility index (Phi) is 7.09. The molecule has 2 aromatic rings. The lowest BCUT2D eigenvalue weighted by atomic mass is 10.2. The summed E-state index contributed by atoms with van der Waals surface area (Å²) in [5.41, 5.74) is 0.745. The summed E-state index contributed by atoms with van der Waals surface area (Å²) >= 11 is 6.13. The lowest BCUT2D eigenvalue weighted by Gasteiger charge is -2.26. The van der Waals surface area contributed by atoms with Crippen molar-refractivity contribution in [2.24, 2.45) is 0 Å². The van der Waals surface area contributed by atoms with Gasteiger partial charge in [-0.15, -0.1) is 0 Å². The maximum Gasteiger partial charge on any atom is 0.254 e. The van der Waals surface area contributed by atoms with Gasteiger partial charge in [0.15, 0.2) is 0 Å². The summed E-state index contributed by atoms with van der Waals surface area (Å²) < 4.78 is 32.3. The Hall–Kier alpha value is -2.46. The number of rotatable bonds is 6. The fraction of sp³-hybridized carbons (Fsp3) is 0.300. The highest BCUT2D eigenvalue weighted by atomic mass is 35.5. The monoisotopic (exact) mass is 451 g/mol. The van der Waals surface area contributed by atoms with Crippen molar-refractivity contribution < 1.29 is 22.7 Å². The second kappa shape index (κ2) is 9.57. The first-order chi connectivity index (χ1) is 14.3. The number of nitrogens with zero attached hydrogens (tertiary/aromatic N) is 2. The van der Waals surface area contributed by atoms with Crippen LogP contribution >= 0.6 is 11.6 Å². The van der Waals surface area contributed by atoms with Gasteiger partial charge in [0, 0.05) is 31.4 Å². The van der Waals surface area contributed by atoms with E-state index in [-0.39, 0.29) is 41.1 Å². The molecule has 2 aromatic carbocycles. The molecule has 0 atom stereocenters. The van der Waals surface area contributed by atoms with Gasteiger partial charge in [0.25, 0.3) is 5.91 Å². The van der Waals surface area contributed by atoms with Crippen LogP contribution in [0.2, 0.25) is 5.02 Å². The number of ether oxygens (including phenoxy) is 1. The van der Waals surface area contributed by atoms with Crippen LogP contribution in [0.3, 0.4) is 0 Å². The number of hydrogen-bond donors (Lipinski definition) is 1. The summed E-state index contributed by atoms with van der Waals surface area (Å²) in [5, 5.41) is 2.69. The standard InChI is InChI=1S/C20H22ClN3O5S/c1-23(20(26)15-5-3-2-4-6-15)14-19(25)22-16-7-8-17(21)18(13-16)30(27,28)24-9-11-29-12-10-24/h2-8,13H,9-12,14H2,1H3,(H,22,25). The molecule has 1 aliphatic heterocycles. The van der Waals surface area contributed by atoms with Gasteiger partial charge in [-0.1, -0.05) is 29.8 Å². The number of carbonyl (C=O) groups is 2. The third-order valence-corrected chi connectivity index (χ3v) is 6.93. The van der Waals surface area contributed by atoms with E-state index in [2.05, 4.69) is 5.32 Å². The van der Waals surface area contributed by atoms with Crippen molar-refractivity contribution >= 4 is 39.1 Å². The number of amides is 2. The van der Waals surface area contributed by atoms with Gasteiger partial charge in [-0.25, -0.2) is 8.42 Å². The number of hydrogen-bond acceptors (Lipinski definition) is 5. The molecule has 8 nitrogen and oxygen atoms in total. The molecular formula is C20H22ClN3O5S. The summed E-state index contributed by atoms with van der Waals surface area (Å²) in [6.45, 7) is 0.912. The van der Waals surface area contributed by atoms with Crippen LogP contribution in [-0.4, -0.2) is 69.3 Å². The minimum Gasteiger partial charge on any atom is -0.379 e. The van der Waals surface area contributed by atoms with E-state index in [0.717, 1.165) is 0 Å². The lowest BCUT2D eigenvalue weighted by molar-refractivity contribution is -0.116. The lowest BCUT2D eigenvalue weighted by Crippen LogP contribution is -2.40. The smallest absolute Gasteiger partial charge is 0.254 e. The second-order valence-corrected chi connectivity index (χ2v) is 9.05. The molecule has 1 aliphatic rings. The number of carbonyl (C=O) groups excluding carboxylic acids is 2. The zero-order valence-electron chi connectivity index (χ0n) is 16.4. The first kappa shape index (κ1) is 22.2. The van der Waals surface area contributed by atoms with Gasteiger partial charge in [-0.2, -0.15) is 4.31 Å². The fourth-order valence-electron chi connectivity index (χ4n) is 2.99. The molecule has 10 heteroatoms. The van der Waals surface area contributed by atoms with E-state index >= 15 is 0 Å². The quantitative estimate of drug-likeness (QED) is 0.725. The largest absolute Gasteiger partial charge is 0.379 e. The molecule has 160 valence electrons. The topological polar surface area (TPSA) is 96.0 Å². The van der Waals surface area contributed by atoms with Gasteiger partial charge in [0.2, 0.25) is 15.9 Å². The predicted molar refractivity (Wildman–Crippen MR) is 113 cm³/mol. The Balaban J connectivity index is 1.70. The number of nitrogens with one attached hydrogen (secondary N) is 1. The van der Waals surface area contributed by atoms with Crippen molar-refractivity contribution in [2.45, 2.75) is 4.90 Å². The molecule has 30 heavy (non-hydrogen) atoms. The number of anilines is 1. The normalized spacial score (nSPS) is 14.9. The highest BCUT2D eigenvalue weighted by Crippen LogP contribution is 2.28. The second-order valence-electron chi connectivity index (χ2n) is 6.74. The van der Waals surface area contributed by atoms with E-state index in [1.165, 1.54) is 34.5 Å². The number of sulfonamides is 1. The third kappa shape index (κ3) is 5.17. The Bertz CT molecular complexity index is 1020. The molecule has 3 rings (SSSR count). The number of morpholine rings is 1. The minimum absolute atomic E-state index is 0.0656. The van der Waals surface area contributed by atoms with Crippen LogP contribution < -0.4 is 5.32 Å². The Morgan fingerprint density at radius 3 is 2.47 bits per heavy atom. The molecule has 0 aliphatic carbocycles. The molecule has 0 aromatic heterocycles. The van der Waals surface area contributed by atoms with Gasteiger partial charge in [-0.3, -0.25) is 9.59 Å². The SMILES string of the molecule is CN(CC(=O)Nc1ccc(Cl)c(S(=O)(=O)N2CCOCC2)c1)C(=O)c1ccccc1. The van der Waals surface area contributed by atoms with Crippen LogP contribution in [0.1, 0.15) is 10.4 Å². The number of likely N-dealkylation sites (N-methyl/N-ethyl adjacent to an activating group) is 1. The van der Waals surface area contributed by atoms with Gasteiger partial charge in [-0.05, 0) is 30.3 Å². The van der Waals surface area contributed by atoms with Crippen LogP contribution in [0.5, 0.6) is 0 Å². The van der Waals surface area contributed by atoms with Crippen LogP contribution in [0.15, 0.2) is 53.4 Å². The first-order valence-electron chi connectivity index (χ1n) is 9.27. The molecule has 0 unspecified atom stereocenters. The van der Waals surface area contributed by atoms with Crippen molar-refractivity contribution in [3.8, 4) is 0 Å². The minimum atomic E-state index is -3.82. The van der Waals surface area contributed by atoms with E-state index < -0.39 is 15.9 Å². The van der Waals surface area contributed by atoms with Gasteiger partial charge in [0.05, 0.1) is 24.8 Å². The Morgan fingerprint density at radius 1 is 1.13 bits per heavy atom. The van der Waals surface area contributed by atoms with E-state index in [0.29, 0.717) is 18.8 Å². The summed E-state index contributed by atoms with van der Waals surface area (Å²) in [5.74, 6) is -0.753. The summed E-state index contributed by atoms with van der Waals surface area (Å²) in [6.07, 6.45) is 0. The Morgan fingerprint density at radius 2 is 1.80 bits per heavy atom. The summed E-state index contributed by atoms with van der Waals surface area (Å²) in [6, 6.07) is 12.9. The van der Waals surface area contributed by atoms with Crippen molar-refractivity contribution in [1.82, 2.24) is 9.21 Å². The number of halogens is 1. The fourth-order valence-corrected chi connectivity index (χ4v) is 4.90. The average molecular weight is 452 g/mol. The van der Waals surface area contributed by atoms with Crippen LogP contribution in [0.4, 0.5) is 5.69 Å². The molecule has 1 saturated heterocycles. The predicted octanol–water partition coefficient (Wildman–Crippen LogP) is 2.07. The molecule has 0 radical (unpaired) electrons. The van der Waals surface area contributed by atoms with Gasteiger partial charge < -0.3 is 15.0 Å². The van der Waals surface area contributed by atoms with Crippen molar-refractivity contribution in [3.05, 3.63) is 59.1 Å². The molecule has 0 bridgehead atoms. The number of benzene rings is 2.